The molecule has 0 unspecified atom stereocenters. The van der Waals surface area contributed by atoms with E-state index in [0.29, 0.717) is 21.8 Å². The first-order valence-corrected chi connectivity index (χ1v) is 8.18. The van der Waals surface area contributed by atoms with Gasteiger partial charge < -0.3 is 11.1 Å². The highest BCUT2D eigenvalue weighted by Gasteiger charge is 2.14. The average Bonchev–Trinajstić information content (AvgIpc) is 3.03. The maximum Gasteiger partial charge on any atom is 0.167 e. The molecule has 124 valence electrons. The Hall–Kier alpha value is -3.00. The fourth-order valence-electron chi connectivity index (χ4n) is 2.52. The van der Waals surface area contributed by atoms with E-state index in [4.69, 9.17) is 5.73 Å². The van der Waals surface area contributed by atoms with Crippen molar-refractivity contribution in [2.45, 2.75) is 0 Å². The topological polar surface area (TPSA) is 81.6 Å². The monoisotopic (exact) mass is 398 g/mol. The third kappa shape index (κ3) is 2.80. The number of nitrogens with one attached hydrogen (secondary N) is 1. The largest absolute Gasteiger partial charge is 0.393 e. The smallest absolute Gasteiger partial charge is 0.167 e. The van der Waals surface area contributed by atoms with Crippen molar-refractivity contribution in [3.05, 3.63) is 65.4 Å². The van der Waals surface area contributed by atoms with Crippen molar-refractivity contribution in [1.82, 2.24) is 19.5 Å². The summed E-state index contributed by atoms with van der Waals surface area (Å²) in [5.41, 5.74) is 8.49. The molecule has 0 aliphatic rings. The predicted octanol–water partition coefficient (Wildman–Crippen LogP) is 4.04. The van der Waals surface area contributed by atoms with E-state index < -0.39 is 5.82 Å². The minimum Gasteiger partial charge on any atom is -0.393 e. The summed E-state index contributed by atoms with van der Waals surface area (Å²) in [5.74, 6) is 0.384. The average molecular weight is 399 g/mol. The van der Waals surface area contributed by atoms with E-state index in [1.165, 1.54) is 12.4 Å². The fourth-order valence-corrected chi connectivity index (χ4v) is 2.86. The Balaban J connectivity index is 1.78. The Morgan fingerprint density at radius 3 is 2.76 bits per heavy atom. The van der Waals surface area contributed by atoms with Gasteiger partial charge in [-0.1, -0.05) is 28.1 Å². The quantitative estimate of drug-likeness (QED) is 0.544. The molecule has 3 N–H and O–H groups in total. The summed E-state index contributed by atoms with van der Waals surface area (Å²) in [4.78, 5) is 12.7. The van der Waals surface area contributed by atoms with Gasteiger partial charge in [-0.25, -0.2) is 19.3 Å². The second-order valence-electron chi connectivity index (χ2n) is 5.31. The van der Waals surface area contributed by atoms with Gasteiger partial charge in [0.25, 0.3) is 0 Å². The Labute approximate surface area is 150 Å². The maximum absolute atomic E-state index is 14.1. The molecule has 0 aliphatic carbocycles. The molecule has 2 aromatic carbocycles. The molecule has 2 heterocycles. The highest BCUT2D eigenvalue weighted by molar-refractivity contribution is 9.10. The number of nitrogen functional groups attached to an aromatic ring is 1. The molecule has 0 saturated heterocycles. The number of hydrogen-bond acceptors (Lipinski definition) is 5. The van der Waals surface area contributed by atoms with Crippen molar-refractivity contribution in [3.63, 3.8) is 0 Å². The first-order valence-electron chi connectivity index (χ1n) is 7.38. The molecule has 0 radical (unpaired) electrons. The normalized spacial score (nSPS) is 11.0. The van der Waals surface area contributed by atoms with E-state index in [-0.39, 0.29) is 5.69 Å². The van der Waals surface area contributed by atoms with Crippen LogP contribution in [0.15, 0.2) is 59.6 Å². The first-order chi connectivity index (χ1) is 12.1. The van der Waals surface area contributed by atoms with Gasteiger partial charge in [0.15, 0.2) is 11.6 Å². The summed E-state index contributed by atoms with van der Waals surface area (Å²) >= 11 is 3.23. The number of para-hydroxylation sites is 2. The molecule has 2 aromatic heterocycles. The van der Waals surface area contributed by atoms with Crippen molar-refractivity contribution in [1.29, 1.82) is 0 Å². The second kappa shape index (κ2) is 6.14. The van der Waals surface area contributed by atoms with Gasteiger partial charge in [-0.3, -0.25) is 4.57 Å². The molecule has 0 atom stereocenters. The summed E-state index contributed by atoms with van der Waals surface area (Å²) in [6.45, 7) is 0. The molecule has 0 saturated carbocycles. The third-order valence-electron chi connectivity index (χ3n) is 3.73. The van der Waals surface area contributed by atoms with Crippen LogP contribution in [0, 0.1) is 5.82 Å². The van der Waals surface area contributed by atoms with Gasteiger partial charge in [0.05, 0.1) is 16.7 Å². The minimum absolute atomic E-state index is 0.273. The van der Waals surface area contributed by atoms with Crippen molar-refractivity contribution in [2.75, 3.05) is 11.1 Å². The number of halogens is 2. The number of nitrogens with zero attached hydrogens (tertiary/aromatic N) is 4. The van der Waals surface area contributed by atoms with E-state index in [2.05, 4.69) is 36.2 Å². The SMILES string of the molecule is Nc1c(Nc2ccc(Br)cc2F)ncnc1-n1cnc2ccccc21. The van der Waals surface area contributed by atoms with Crippen LogP contribution < -0.4 is 11.1 Å². The van der Waals surface area contributed by atoms with Crippen LogP contribution in [0.25, 0.3) is 16.9 Å². The Bertz CT molecular complexity index is 1080. The van der Waals surface area contributed by atoms with Crippen LogP contribution in [-0.2, 0) is 0 Å². The Morgan fingerprint density at radius 1 is 1.08 bits per heavy atom. The molecule has 0 aliphatic heterocycles. The number of rotatable bonds is 3. The molecular weight excluding hydrogens is 387 g/mol. The van der Waals surface area contributed by atoms with Gasteiger partial charge in [-0.05, 0) is 30.3 Å². The molecule has 4 rings (SSSR count). The van der Waals surface area contributed by atoms with Crippen LogP contribution in [0.3, 0.4) is 0 Å². The molecule has 6 nitrogen and oxygen atoms in total. The molecule has 0 fully saturated rings. The van der Waals surface area contributed by atoms with Crippen molar-refractivity contribution >= 4 is 44.2 Å². The van der Waals surface area contributed by atoms with Gasteiger partial charge in [0.1, 0.15) is 24.2 Å². The van der Waals surface area contributed by atoms with E-state index in [0.717, 1.165) is 11.0 Å². The Kier molecular flexibility index (Phi) is 3.81. The molecule has 0 amide bonds. The highest BCUT2D eigenvalue weighted by atomic mass is 79.9. The lowest BCUT2D eigenvalue weighted by molar-refractivity contribution is 0.631. The van der Waals surface area contributed by atoms with Crippen LogP contribution in [0.2, 0.25) is 0 Å². The second-order valence-corrected chi connectivity index (χ2v) is 6.23. The van der Waals surface area contributed by atoms with Crippen LogP contribution in [0.1, 0.15) is 0 Å². The summed E-state index contributed by atoms with van der Waals surface area (Å²) < 4.78 is 16.5. The number of hydrogen-bond donors (Lipinski definition) is 2. The third-order valence-corrected chi connectivity index (χ3v) is 4.22. The summed E-state index contributed by atoms with van der Waals surface area (Å²) in [5, 5.41) is 2.91. The van der Waals surface area contributed by atoms with E-state index in [1.54, 1.807) is 23.0 Å². The van der Waals surface area contributed by atoms with Crippen LogP contribution in [-0.4, -0.2) is 19.5 Å². The summed E-state index contributed by atoms with van der Waals surface area (Å²) in [6.07, 6.45) is 3.02. The van der Waals surface area contributed by atoms with E-state index in [9.17, 15) is 4.39 Å². The molecule has 8 heteroatoms. The number of aromatic nitrogens is 4. The number of fused-ring (bicyclic) bond motifs is 1. The molecule has 4 aromatic rings. The molecule has 25 heavy (non-hydrogen) atoms. The van der Waals surface area contributed by atoms with Crippen molar-refractivity contribution in [3.8, 4) is 5.82 Å². The standard InChI is InChI=1S/C17H12BrFN6/c18-10-5-6-12(11(19)7-10)24-16-15(20)17(22-8-21-16)25-9-23-13-3-1-2-4-14(13)25/h1-9H,20H2,(H,21,22,24). The maximum atomic E-state index is 14.1. The predicted molar refractivity (Wildman–Crippen MR) is 98.5 cm³/mol. The lowest BCUT2D eigenvalue weighted by atomic mass is 10.3. The molecule has 0 bridgehead atoms. The number of anilines is 3. The van der Waals surface area contributed by atoms with Crippen LogP contribution >= 0.6 is 15.9 Å². The van der Waals surface area contributed by atoms with Gasteiger partial charge >= 0.3 is 0 Å². The zero-order chi connectivity index (χ0) is 17.4. The molecule has 0 spiro atoms. The fraction of sp³-hybridized carbons (Fsp3) is 0. The zero-order valence-corrected chi connectivity index (χ0v) is 14.4. The lowest BCUT2D eigenvalue weighted by Crippen LogP contribution is -2.07. The van der Waals surface area contributed by atoms with Crippen molar-refractivity contribution in [2.24, 2.45) is 0 Å². The first kappa shape index (κ1) is 15.5. The van der Waals surface area contributed by atoms with Crippen molar-refractivity contribution < 1.29 is 4.39 Å². The van der Waals surface area contributed by atoms with Gasteiger partial charge in [0.2, 0.25) is 0 Å². The van der Waals surface area contributed by atoms with Gasteiger partial charge in [-0.15, -0.1) is 0 Å². The van der Waals surface area contributed by atoms with E-state index in [1.807, 2.05) is 24.3 Å². The van der Waals surface area contributed by atoms with E-state index >= 15 is 0 Å². The summed E-state index contributed by atoms with van der Waals surface area (Å²) in [7, 11) is 0. The van der Waals surface area contributed by atoms with Crippen LogP contribution in [0.5, 0.6) is 0 Å². The van der Waals surface area contributed by atoms with Crippen LogP contribution in [0.4, 0.5) is 21.6 Å². The van der Waals surface area contributed by atoms with Gasteiger partial charge in [0, 0.05) is 4.47 Å². The lowest BCUT2D eigenvalue weighted by Gasteiger charge is -2.12. The number of nitrogens with two attached hydrogens (primary N) is 1. The Morgan fingerprint density at radius 2 is 1.92 bits per heavy atom. The minimum atomic E-state index is -0.415. The summed E-state index contributed by atoms with van der Waals surface area (Å²) in [6, 6.07) is 12.3. The molecular formula is C17H12BrFN6. The number of benzene rings is 2. The number of imidazole rings is 1. The highest BCUT2D eigenvalue weighted by Crippen LogP contribution is 2.29. The van der Waals surface area contributed by atoms with Gasteiger partial charge in [-0.2, -0.15) is 0 Å². The zero-order valence-electron chi connectivity index (χ0n) is 12.8.